The van der Waals surface area contributed by atoms with E-state index in [1.807, 2.05) is 19.9 Å². The van der Waals surface area contributed by atoms with Gasteiger partial charge in [-0.15, -0.1) is 0 Å². The van der Waals surface area contributed by atoms with E-state index in [4.69, 9.17) is 0 Å². The van der Waals surface area contributed by atoms with Crippen molar-refractivity contribution in [3.8, 4) is 6.07 Å². The number of aliphatic hydroxyl groups is 1. The lowest BCUT2D eigenvalue weighted by molar-refractivity contribution is -0.138. The number of pyridine rings is 1. The molecule has 1 saturated carbocycles. The normalized spacial score (nSPS) is 20.4. The first-order valence-electron chi connectivity index (χ1n) is 9.05. The third-order valence-electron chi connectivity index (χ3n) is 5.56. The molecule has 7 nitrogen and oxygen atoms in total. The first-order chi connectivity index (χ1) is 13.7. The van der Waals surface area contributed by atoms with Crippen LogP contribution in [0.1, 0.15) is 37.0 Å². The highest BCUT2D eigenvalue weighted by molar-refractivity contribution is 5.54. The number of rotatable bonds is 6. The summed E-state index contributed by atoms with van der Waals surface area (Å²) in [5.74, 6) is 0.553. The molecule has 2 atom stereocenters. The highest BCUT2D eigenvalue weighted by Crippen LogP contribution is 2.47. The molecule has 1 unspecified atom stereocenters. The van der Waals surface area contributed by atoms with E-state index in [-0.39, 0.29) is 47.6 Å². The summed E-state index contributed by atoms with van der Waals surface area (Å²) < 4.78 is 39.3. The number of anilines is 2. The summed E-state index contributed by atoms with van der Waals surface area (Å²) in [7, 11) is 0. The number of nitrogens with zero attached hydrogens (tertiary/aromatic N) is 4. The van der Waals surface area contributed by atoms with Crippen LogP contribution in [0.25, 0.3) is 0 Å². The molecule has 1 aliphatic rings. The van der Waals surface area contributed by atoms with Gasteiger partial charge in [-0.1, -0.05) is 13.8 Å². The van der Waals surface area contributed by atoms with E-state index < -0.39 is 11.7 Å². The van der Waals surface area contributed by atoms with Crippen molar-refractivity contribution in [3.05, 3.63) is 41.3 Å². The summed E-state index contributed by atoms with van der Waals surface area (Å²) in [4.78, 5) is 12.0. The Morgan fingerprint density at radius 1 is 1.34 bits per heavy atom. The maximum Gasteiger partial charge on any atom is 0.416 e. The topological polar surface area (TPSA) is 107 Å². The second kappa shape index (κ2) is 7.83. The van der Waals surface area contributed by atoms with E-state index in [9.17, 15) is 23.5 Å². The van der Waals surface area contributed by atoms with Gasteiger partial charge < -0.3 is 15.7 Å². The maximum atomic E-state index is 13.1. The van der Waals surface area contributed by atoms with E-state index in [2.05, 4.69) is 25.6 Å². The van der Waals surface area contributed by atoms with Crippen molar-refractivity contribution >= 4 is 11.8 Å². The van der Waals surface area contributed by atoms with Gasteiger partial charge in [0.05, 0.1) is 11.8 Å². The zero-order chi connectivity index (χ0) is 21.2. The molecular formula is C19H21F3N6O. The Kier molecular flexibility index (Phi) is 5.61. The largest absolute Gasteiger partial charge is 0.416 e. The van der Waals surface area contributed by atoms with Crippen LogP contribution in [0.4, 0.5) is 24.9 Å². The first kappa shape index (κ1) is 20.8. The molecular weight excluding hydrogens is 385 g/mol. The Balaban J connectivity index is 1.76. The second-order valence-corrected chi connectivity index (χ2v) is 7.59. The number of aliphatic hydroxyl groups excluding tert-OH is 1. The number of aromatic nitrogens is 3. The molecule has 0 amide bonds. The van der Waals surface area contributed by atoms with Crippen LogP contribution in [-0.2, 0) is 12.7 Å². The van der Waals surface area contributed by atoms with Crippen molar-refractivity contribution in [2.45, 2.75) is 39.0 Å². The fourth-order valence-corrected chi connectivity index (χ4v) is 3.41. The van der Waals surface area contributed by atoms with Gasteiger partial charge in [-0.3, -0.25) is 4.98 Å². The SMILES string of the molecule is CC1(C)C(Nc2nc(NCc3cnccc3C(F)(F)F)ncc2C#N)C[C@@H]1CO. The number of nitriles is 1. The van der Waals surface area contributed by atoms with Crippen LogP contribution < -0.4 is 10.6 Å². The zero-order valence-electron chi connectivity index (χ0n) is 16.0. The Labute approximate surface area is 166 Å². The second-order valence-electron chi connectivity index (χ2n) is 7.59. The lowest BCUT2D eigenvalue weighted by Gasteiger charge is -2.52. The summed E-state index contributed by atoms with van der Waals surface area (Å²) in [6.07, 6.45) is -0.207. The van der Waals surface area contributed by atoms with Crippen molar-refractivity contribution in [2.75, 3.05) is 17.2 Å². The van der Waals surface area contributed by atoms with Crippen LogP contribution in [0.15, 0.2) is 24.7 Å². The van der Waals surface area contributed by atoms with Gasteiger partial charge >= 0.3 is 6.18 Å². The average molecular weight is 406 g/mol. The molecule has 10 heteroatoms. The van der Waals surface area contributed by atoms with Crippen molar-refractivity contribution < 1.29 is 18.3 Å². The smallest absolute Gasteiger partial charge is 0.396 e. The van der Waals surface area contributed by atoms with Gasteiger partial charge in [-0.2, -0.15) is 23.4 Å². The van der Waals surface area contributed by atoms with Gasteiger partial charge in [-0.25, -0.2) is 4.98 Å². The third-order valence-corrected chi connectivity index (χ3v) is 5.56. The van der Waals surface area contributed by atoms with Gasteiger partial charge in [0.15, 0.2) is 0 Å². The van der Waals surface area contributed by atoms with E-state index >= 15 is 0 Å². The number of hydrogen-bond acceptors (Lipinski definition) is 7. The number of nitrogens with one attached hydrogen (secondary N) is 2. The molecule has 1 fully saturated rings. The Morgan fingerprint density at radius 2 is 2.10 bits per heavy atom. The number of hydrogen-bond donors (Lipinski definition) is 3. The Bertz CT molecular complexity index is 925. The fraction of sp³-hybridized carbons (Fsp3) is 0.474. The lowest BCUT2D eigenvalue weighted by Crippen LogP contribution is -2.54. The molecule has 0 aliphatic heterocycles. The van der Waals surface area contributed by atoms with Gasteiger partial charge in [0.25, 0.3) is 0 Å². The molecule has 0 saturated heterocycles. The lowest BCUT2D eigenvalue weighted by atomic mass is 9.59. The van der Waals surface area contributed by atoms with Crippen molar-refractivity contribution in [1.82, 2.24) is 15.0 Å². The van der Waals surface area contributed by atoms with Crippen molar-refractivity contribution in [1.29, 1.82) is 5.26 Å². The fourth-order valence-electron chi connectivity index (χ4n) is 3.41. The quantitative estimate of drug-likeness (QED) is 0.676. The van der Waals surface area contributed by atoms with Gasteiger partial charge in [0, 0.05) is 37.2 Å². The predicted octanol–water partition coefficient (Wildman–Crippen LogP) is 3.19. The standard InChI is InChI=1S/C19H21F3N6O/c1-18(2)13(10-29)5-15(18)27-16-11(6-23)8-25-17(28-16)26-9-12-7-24-4-3-14(12)19(20,21)22/h3-4,7-8,13,15,29H,5,9-10H2,1-2H3,(H2,25,26,27,28)/t13-,15?/m1/s1. The molecule has 3 N–H and O–H groups in total. The van der Waals surface area contributed by atoms with Crippen LogP contribution in [0.2, 0.25) is 0 Å². The predicted molar refractivity (Wildman–Crippen MR) is 99.7 cm³/mol. The molecule has 2 aromatic rings. The van der Waals surface area contributed by atoms with Gasteiger partial charge in [0.1, 0.15) is 17.5 Å². The molecule has 0 aromatic carbocycles. The summed E-state index contributed by atoms with van der Waals surface area (Å²) in [6.45, 7) is 3.94. The number of alkyl halides is 3. The summed E-state index contributed by atoms with van der Waals surface area (Å²) in [6, 6.07) is 2.93. The van der Waals surface area contributed by atoms with Crippen LogP contribution in [0.5, 0.6) is 0 Å². The molecule has 2 heterocycles. The molecule has 1 aliphatic carbocycles. The highest BCUT2D eigenvalue weighted by atomic mass is 19.4. The van der Waals surface area contributed by atoms with E-state index in [0.717, 1.165) is 24.9 Å². The first-order valence-corrected chi connectivity index (χ1v) is 9.05. The van der Waals surface area contributed by atoms with E-state index in [0.29, 0.717) is 5.82 Å². The molecule has 2 aromatic heterocycles. The van der Waals surface area contributed by atoms with Gasteiger partial charge in [-0.05, 0) is 23.8 Å². The molecule has 0 spiro atoms. The summed E-state index contributed by atoms with van der Waals surface area (Å²) in [5.41, 5.74) is -0.764. The highest BCUT2D eigenvalue weighted by Gasteiger charge is 2.47. The minimum atomic E-state index is -4.49. The maximum absolute atomic E-state index is 13.1. The number of halogens is 3. The Morgan fingerprint density at radius 3 is 2.72 bits per heavy atom. The Hall–Kier alpha value is -2.93. The average Bonchev–Trinajstić information content (AvgIpc) is 2.68. The van der Waals surface area contributed by atoms with E-state index in [1.54, 1.807) is 0 Å². The van der Waals surface area contributed by atoms with Crippen molar-refractivity contribution in [3.63, 3.8) is 0 Å². The minimum absolute atomic E-state index is 0.00431. The van der Waals surface area contributed by atoms with Crippen LogP contribution in [0, 0.1) is 22.7 Å². The van der Waals surface area contributed by atoms with Crippen LogP contribution in [0.3, 0.4) is 0 Å². The van der Waals surface area contributed by atoms with Crippen molar-refractivity contribution in [2.24, 2.45) is 11.3 Å². The van der Waals surface area contributed by atoms with Gasteiger partial charge in [0.2, 0.25) is 5.95 Å². The zero-order valence-corrected chi connectivity index (χ0v) is 16.0. The molecule has 29 heavy (non-hydrogen) atoms. The molecule has 3 rings (SSSR count). The monoisotopic (exact) mass is 406 g/mol. The molecule has 0 radical (unpaired) electrons. The summed E-state index contributed by atoms with van der Waals surface area (Å²) >= 11 is 0. The third kappa shape index (κ3) is 4.24. The minimum Gasteiger partial charge on any atom is -0.396 e. The van der Waals surface area contributed by atoms with E-state index in [1.165, 1.54) is 6.20 Å². The molecule has 0 bridgehead atoms. The van der Waals surface area contributed by atoms with Crippen LogP contribution >= 0.6 is 0 Å². The van der Waals surface area contributed by atoms with Crippen LogP contribution in [-0.4, -0.2) is 32.7 Å². The summed E-state index contributed by atoms with van der Waals surface area (Å²) in [5, 5.41) is 24.7. The molecule has 154 valence electrons.